The number of sulfonamides is 1. The molecule has 4 aromatic rings. The summed E-state index contributed by atoms with van der Waals surface area (Å²) < 4.78 is 28.9. The number of carbonyl (C=O) groups is 1. The standard InChI is InChI=1S/C20H15ClN4O5S/c1-10-5-6-12(8-14(10)19(26)27)30-20-23-16-9-15(21)17(24-18(16)25-20)11-3-2-4-13(7-11)31(22,28)29/h2-9H,1H3,(H,26,27)(H2,22,28,29)(H,23,24,25). The molecule has 4 rings (SSSR count). The van der Waals surface area contributed by atoms with E-state index in [-0.39, 0.29) is 32.9 Å². The summed E-state index contributed by atoms with van der Waals surface area (Å²) in [6, 6.07) is 12.3. The van der Waals surface area contributed by atoms with Crippen LogP contribution in [0.15, 0.2) is 53.4 Å². The van der Waals surface area contributed by atoms with Crippen molar-refractivity contribution in [3.63, 3.8) is 0 Å². The van der Waals surface area contributed by atoms with E-state index >= 15 is 0 Å². The highest BCUT2D eigenvalue weighted by Crippen LogP contribution is 2.31. The number of hydrogen-bond donors (Lipinski definition) is 3. The third-order valence-electron chi connectivity index (χ3n) is 4.49. The van der Waals surface area contributed by atoms with Gasteiger partial charge in [0.05, 0.1) is 26.7 Å². The summed E-state index contributed by atoms with van der Waals surface area (Å²) in [6.07, 6.45) is 0. The van der Waals surface area contributed by atoms with Crippen molar-refractivity contribution < 1.29 is 23.1 Å². The normalized spacial score (nSPS) is 11.6. The predicted octanol–water partition coefficient (Wildman–Crippen LogP) is 3.72. The fourth-order valence-corrected chi connectivity index (χ4v) is 3.79. The molecule has 0 aliphatic heterocycles. The zero-order chi connectivity index (χ0) is 22.3. The predicted molar refractivity (Wildman–Crippen MR) is 114 cm³/mol. The van der Waals surface area contributed by atoms with Crippen LogP contribution in [0.1, 0.15) is 15.9 Å². The Kier molecular flexibility index (Phi) is 5.13. The number of aromatic amines is 1. The van der Waals surface area contributed by atoms with Crippen molar-refractivity contribution in [3.8, 4) is 23.0 Å². The quantitative estimate of drug-likeness (QED) is 0.412. The number of benzene rings is 2. The van der Waals surface area contributed by atoms with Gasteiger partial charge < -0.3 is 14.8 Å². The Morgan fingerprint density at radius 2 is 1.94 bits per heavy atom. The molecule has 0 spiro atoms. The Morgan fingerprint density at radius 1 is 1.16 bits per heavy atom. The molecule has 2 aromatic heterocycles. The first-order chi connectivity index (χ1) is 14.6. The number of pyridine rings is 1. The van der Waals surface area contributed by atoms with Crippen LogP contribution in [-0.4, -0.2) is 34.4 Å². The molecule has 0 aliphatic rings. The first kappa shape index (κ1) is 20.8. The van der Waals surface area contributed by atoms with E-state index in [0.717, 1.165) is 0 Å². The van der Waals surface area contributed by atoms with Crippen molar-refractivity contribution in [2.45, 2.75) is 11.8 Å². The number of carboxylic acids is 1. The summed E-state index contributed by atoms with van der Waals surface area (Å²) in [5.74, 6) is -0.776. The maximum atomic E-state index is 11.6. The van der Waals surface area contributed by atoms with E-state index in [4.69, 9.17) is 21.5 Å². The molecule has 9 nitrogen and oxygen atoms in total. The van der Waals surface area contributed by atoms with Crippen molar-refractivity contribution >= 4 is 38.8 Å². The molecule has 0 atom stereocenters. The van der Waals surface area contributed by atoms with Crippen LogP contribution in [0.5, 0.6) is 11.8 Å². The van der Waals surface area contributed by atoms with Gasteiger partial charge in [-0.3, -0.25) is 0 Å². The molecule has 0 unspecified atom stereocenters. The number of fused-ring (bicyclic) bond motifs is 1. The van der Waals surface area contributed by atoms with Crippen molar-refractivity contribution in [3.05, 3.63) is 64.7 Å². The highest BCUT2D eigenvalue weighted by molar-refractivity contribution is 7.89. The van der Waals surface area contributed by atoms with Gasteiger partial charge in [-0.2, -0.15) is 4.98 Å². The highest BCUT2D eigenvalue weighted by Gasteiger charge is 2.16. The lowest BCUT2D eigenvalue weighted by molar-refractivity contribution is 0.0695. The second-order valence-corrected chi connectivity index (χ2v) is 8.66. The maximum Gasteiger partial charge on any atom is 0.336 e. The second-order valence-electron chi connectivity index (χ2n) is 6.69. The average molecular weight is 459 g/mol. The lowest BCUT2D eigenvalue weighted by Gasteiger charge is -2.05. The molecule has 4 N–H and O–H groups in total. The van der Waals surface area contributed by atoms with E-state index in [1.165, 1.54) is 24.3 Å². The molecule has 158 valence electrons. The largest absolute Gasteiger partial charge is 0.478 e. The molecule has 0 radical (unpaired) electrons. The molecule has 11 heteroatoms. The van der Waals surface area contributed by atoms with Gasteiger partial charge in [-0.05, 0) is 42.8 Å². The molecule has 0 bridgehead atoms. The monoisotopic (exact) mass is 458 g/mol. The summed E-state index contributed by atoms with van der Waals surface area (Å²) >= 11 is 6.35. The minimum Gasteiger partial charge on any atom is -0.478 e. The summed E-state index contributed by atoms with van der Waals surface area (Å²) in [7, 11) is -3.89. The number of halogens is 1. The molecule has 0 aliphatic carbocycles. The van der Waals surface area contributed by atoms with Crippen LogP contribution in [0.2, 0.25) is 5.02 Å². The zero-order valence-electron chi connectivity index (χ0n) is 16.0. The summed E-state index contributed by atoms with van der Waals surface area (Å²) in [4.78, 5) is 22.8. The lowest BCUT2D eigenvalue weighted by Crippen LogP contribution is -2.12. The number of nitrogens with zero attached hydrogens (tertiary/aromatic N) is 2. The van der Waals surface area contributed by atoms with Crippen LogP contribution in [0, 0.1) is 6.92 Å². The van der Waals surface area contributed by atoms with Crippen molar-refractivity contribution in [2.24, 2.45) is 5.14 Å². The third-order valence-corrected chi connectivity index (χ3v) is 5.69. The highest BCUT2D eigenvalue weighted by atomic mass is 35.5. The van der Waals surface area contributed by atoms with Crippen LogP contribution in [0.25, 0.3) is 22.4 Å². The summed E-state index contributed by atoms with van der Waals surface area (Å²) in [5.41, 5.74) is 2.25. The molecule has 0 amide bonds. The number of aromatic nitrogens is 3. The summed E-state index contributed by atoms with van der Waals surface area (Å²) in [5, 5.41) is 14.7. The number of ether oxygens (including phenoxy) is 1. The van der Waals surface area contributed by atoms with Gasteiger partial charge in [0.15, 0.2) is 5.65 Å². The van der Waals surface area contributed by atoms with Gasteiger partial charge in [-0.1, -0.05) is 29.8 Å². The minimum absolute atomic E-state index is 0.0670. The second kappa shape index (κ2) is 7.65. The zero-order valence-corrected chi connectivity index (χ0v) is 17.5. The average Bonchev–Trinajstić information content (AvgIpc) is 3.09. The van der Waals surface area contributed by atoms with Gasteiger partial charge in [0.2, 0.25) is 10.0 Å². The van der Waals surface area contributed by atoms with E-state index in [9.17, 15) is 18.3 Å². The number of imidazole rings is 1. The molecule has 2 heterocycles. The van der Waals surface area contributed by atoms with Crippen LogP contribution < -0.4 is 9.88 Å². The molecular weight excluding hydrogens is 444 g/mol. The minimum atomic E-state index is -3.89. The van der Waals surface area contributed by atoms with E-state index in [1.54, 1.807) is 31.2 Å². The number of primary sulfonamides is 1. The van der Waals surface area contributed by atoms with Crippen molar-refractivity contribution in [1.82, 2.24) is 15.0 Å². The number of aryl methyl sites for hydroxylation is 1. The van der Waals surface area contributed by atoms with Crippen molar-refractivity contribution in [1.29, 1.82) is 0 Å². The lowest BCUT2D eigenvalue weighted by atomic mass is 10.1. The van der Waals surface area contributed by atoms with Gasteiger partial charge in [0.1, 0.15) is 5.75 Å². The van der Waals surface area contributed by atoms with Gasteiger partial charge in [0, 0.05) is 5.56 Å². The smallest absolute Gasteiger partial charge is 0.336 e. The molecule has 0 saturated carbocycles. The fourth-order valence-electron chi connectivity index (χ4n) is 2.97. The first-order valence-electron chi connectivity index (χ1n) is 8.83. The van der Waals surface area contributed by atoms with Crippen LogP contribution >= 0.6 is 11.6 Å². The molecule has 31 heavy (non-hydrogen) atoms. The molecule has 0 saturated heterocycles. The van der Waals surface area contributed by atoms with Crippen molar-refractivity contribution in [2.75, 3.05) is 0 Å². The van der Waals surface area contributed by atoms with E-state index in [0.29, 0.717) is 22.3 Å². The number of rotatable bonds is 5. The Morgan fingerprint density at radius 3 is 2.65 bits per heavy atom. The number of carboxylic acid groups (broad SMARTS) is 1. The number of nitrogens with two attached hydrogens (primary N) is 1. The number of nitrogens with one attached hydrogen (secondary N) is 1. The van der Waals surface area contributed by atoms with E-state index in [1.807, 2.05) is 0 Å². The Bertz CT molecular complexity index is 1450. The SMILES string of the molecule is Cc1ccc(Oc2nc3nc(-c4cccc(S(N)(=O)=O)c4)c(Cl)cc3[nH]2)cc1C(=O)O. The molecule has 2 aromatic carbocycles. The summed E-state index contributed by atoms with van der Waals surface area (Å²) in [6.45, 7) is 1.69. The maximum absolute atomic E-state index is 11.6. The number of hydrogen-bond acceptors (Lipinski definition) is 6. The van der Waals surface area contributed by atoms with Gasteiger partial charge in [-0.15, -0.1) is 0 Å². The topological polar surface area (TPSA) is 148 Å². The van der Waals surface area contributed by atoms with Gasteiger partial charge >= 0.3 is 12.0 Å². The van der Waals surface area contributed by atoms with Crippen LogP contribution in [0.3, 0.4) is 0 Å². The van der Waals surface area contributed by atoms with E-state index < -0.39 is 16.0 Å². The molecule has 0 fully saturated rings. The van der Waals surface area contributed by atoms with Crippen LogP contribution in [-0.2, 0) is 10.0 Å². The first-order valence-corrected chi connectivity index (χ1v) is 10.8. The number of aromatic carboxylic acids is 1. The van der Waals surface area contributed by atoms with Crippen LogP contribution in [0.4, 0.5) is 0 Å². The third kappa shape index (κ3) is 4.22. The Balaban J connectivity index is 1.72. The van der Waals surface area contributed by atoms with E-state index in [2.05, 4.69) is 15.0 Å². The Hall–Kier alpha value is -3.47. The van der Waals surface area contributed by atoms with Gasteiger partial charge in [-0.25, -0.2) is 23.3 Å². The van der Waals surface area contributed by atoms with Gasteiger partial charge in [0.25, 0.3) is 0 Å². The fraction of sp³-hybridized carbons (Fsp3) is 0.0500. The molecular formula is C20H15ClN4O5S. The number of H-pyrrole nitrogens is 1. The Labute approximate surface area is 181 Å².